The molecule has 0 aromatic heterocycles. The average Bonchev–Trinajstić information content (AvgIpc) is 3.02. The van der Waals surface area contributed by atoms with Crippen molar-refractivity contribution >= 4 is 39.1 Å². The van der Waals surface area contributed by atoms with Crippen molar-refractivity contribution < 1.29 is 22.7 Å². The Hall–Kier alpha value is -4.34. The highest BCUT2D eigenvalue weighted by Crippen LogP contribution is 2.32. The van der Waals surface area contributed by atoms with Crippen LogP contribution in [0.25, 0.3) is 0 Å². The van der Waals surface area contributed by atoms with Crippen LogP contribution in [-0.2, 0) is 32.6 Å². The lowest BCUT2D eigenvalue weighted by atomic mass is 10.0. The van der Waals surface area contributed by atoms with E-state index in [2.05, 4.69) is 5.32 Å². The first-order valence-corrected chi connectivity index (χ1v) is 15.6. The highest BCUT2D eigenvalue weighted by molar-refractivity contribution is 7.92. The summed E-state index contributed by atoms with van der Waals surface area (Å²) in [5.41, 5.74) is 1.74. The molecule has 224 valence electrons. The first kappa shape index (κ1) is 31.6. The second-order valence-electron chi connectivity index (χ2n) is 9.75. The van der Waals surface area contributed by atoms with Crippen LogP contribution in [0.4, 0.5) is 5.69 Å². The molecule has 4 aromatic rings. The van der Waals surface area contributed by atoms with Gasteiger partial charge in [0.1, 0.15) is 18.3 Å². The predicted molar refractivity (Wildman–Crippen MR) is 169 cm³/mol. The van der Waals surface area contributed by atoms with Gasteiger partial charge < -0.3 is 15.0 Å². The number of carbonyl (C=O) groups excluding carboxylic acids is 2. The molecule has 0 unspecified atom stereocenters. The summed E-state index contributed by atoms with van der Waals surface area (Å²) in [4.78, 5) is 29.4. The molecule has 4 aromatic carbocycles. The number of amides is 2. The fraction of sp³-hybridized carbons (Fsp3) is 0.212. The molecular formula is C33H34ClN3O5S. The minimum Gasteiger partial charge on any atom is -0.495 e. The number of ether oxygens (including phenoxy) is 1. The molecule has 0 bridgehead atoms. The summed E-state index contributed by atoms with van der Waals surface area (Å²) in [5, 5.41) is 3.32. The van der Waals surface area contributed by atoms with Crippen LogP contribution in [0.15, 0.2) is 114 Å². The highest BCUT2D eigenvalue weighted by Gasteiger charge is 2.35. The molecule has 0 radical (unpaired) electrons. The van der Waals surface area contributed by atoms with E-state index in [1.807, 2.05) is 36.4 Å². The Bertz CT molecular complexity index is 1630. The van der Waals surface area contributed by atoms with E-state index in [-0.39, 0.29) is 35.2 Å². The van der Waals surface area contributed by atoms with Gasteiger partial charge in [0.05, 0.1) is 17.7 Å². The summed E-state index contributed by atoms with van der Waals surface area (Å²) in [5.74, 6) is -0.644. The third kappa shape index (κ3) is 7.94. The van der Waals surface area contributed by atoms with Crippen molar-refractivity contribution in [1.29, 1.82) is 0 Å². The van der Waals surface area contributed by atoms with Gasteiger partial charge in [-0.1, -0.05) is 84.4 Å². The van der Waals surface area contributed by atoms with E-state index in [1.54, 1.807) is 67.6 Å². The van der Waals surface area contributed by atoms with Gasteiger partial charge in [-0.25, -0.2) is 8.42 Å². The van der Waals surface area contributed by atoms with Crippen LogP contribution in [0.3, 0.4) is 0 Å². The number of rotatable bonds is 13. The normalized spacial score (nSPS) is 11.8. The molecule has 2 amide bonds. The molecule has 0 spiro atoms. The summed E-state index contributed by atoms with van der Waals surface area (Å²) in [7, 11) is -2.79. The Morgan fingerprint density at radius 2 is 1.49 bits per heavy atom. The first-order valence-electron chi connectivity index (χ1n) is 13.8. The Kier molecular flexibility index (Phi) is 10.8. The fourth-order valence-corrected chi connectivity index (χ4v) is 6.41. The van der Waals surface area contributed by atoms with Gasteiger partial charge in [0.15, 0.2) is 0 Å². The minimum absolute atomic E-state index is 0.0136. The van der Waals surface area contributed by atoms with Gasteiger partial charge in [-0.3, -0.25) is 13.9 Å². The number of benzene rings is 4. The Morgan fingerprint density at radius 3 is 2.14 bits per heavy atom. The summed E-state index contributed by atoms with van der Waals surface area (Å²) in [6.07, 6.45) is 0.221. The monoisotopic (exact) mass is 619 g/mol. The van der Waals surface area contributed by atoms with E-state index in [0.29, 0.717) is 17.1 Å². The van der Waals surface area contributed by atoms with E-state index in [0.717, 1.165) is 9.87 Å². The lowest BCUT2D eigenvalue weighted by Gasteiger charge is -2.34. The van der Waals surface area contributed by atoms with Gasteiger partial charge in [-0.05, 0) is 54.4 Å². The summed E-state index contributed by atoms with van der Waals surface area (Å²) >= 11 is 6.27. The predicted octanol–water partition coefficient (Wildman–Crippen LogP) is 5.32. The van der Waals surface area contributed by atoms with Crippen molar-refractivity contribution in [2.75, 3.05) is 24.5 Å². The lowest BCUT2D eigenvalue weighted by molar-refractivity contribution is -0.140. The van der Waals surface area contributed by atoms with Crippen LogP contribution in [0.2, 0.25) is 5.02 Å². The molecule has 0 heterocycles. The Balaban J connectivity index is 1.82. The number of halogens is 1. The topological polar surface area (TPSA) is 96.0 Å². The smallest absolute Gasteiger partial charge is 0.264 e. The molecule has 0 aliphatic heterocycles. The molecule has 1 N–H and O–H groups in total. The van der Waals surface area contributed by atoms with Gasteiger partial charge in [0, 0.05) is 24.5 Å². The van der Waals surface area contributed by atoms with E-state index in [9.17, 15) is 18.0 Å². The summed E-state index contributed by atoms with van der Waals surface area (Å²) < 4.78 is 34.7. The maximum atomic E-state index is 14.4. The van der Waals surface area contributed by atoms with Crippen LogP contribution >= 0.6 is 11.6 Å². The molecule has 4 rings (SSSR count). The third-order valence-electron chi connectivity index (χ3n) is 6.83. The van der Waals surface area contributed by atoms with Crippen LogP contribution in [0.1, 0.15) is 18.1 Å². The molecule has 10 heteroatoms. The molecule has 0 saturated heterocycles. The number of hydrogen-bond donors (Lipinski definition) is 1. The molecule has 0 aliphatic carbocycles. The number of carbonyl (C=O) groups is 2. The lowest BCUT2D eigenvalue weighted by Crippen LogP contribution is -2.53. The van der Waals surface area contributed by atoms with Crippen molar-refractivity contribution in [2.24, 2.45) is 0 Å². The van der Waals surface area contributed by atoms with Crippen LogP contribution in [-0.4, -0.2) is 51.4 Å². The van der Waals surface area contributed by atoms with Crippen molar-refractivity contribution in [3.05, 3.63) is 125 Å². The van der Waals surface area contributed by atoms with Crippen LogP contribution < -0.4 is 14.4 Å². The number of methoxy groups -OCH3 is 1. The zero-order valence-corrected chi connectivity index (χ0v) is 25.6. The summed E-state index contributed by atoms with van der Waals surface area (Å²) in [6.45, 7) is 1.61. The Morgan fingerprint density at radius 1 is 0.860 bits per heavy atom. The SMILES string of the molecule is CCNC(=O)[C@@H](Cc1ccccc1)N(Cc1cccc(Cl)c1)C(=O)CN(c1ccccc1OC)S(=O)(=O)c1ccccc1. The minimum atomic E-state index is -4.23. The van der Waals surface area contributed by atoms with Gasteiger partial charge >= 0.3 is 0 Å². The number of sulfonamides is 1. The van der Waals surface area contributed by atoms with Crippen molar-refractivity contribution in [2.45, 2.75) is 30.8 Å². The second-order valence-corrected chi connectivity index (χ2v) is 12.0. The number of nitrogens with one attached hydrogen (secondary N) is 1. The molecule has 43 heavy (non-hydrogen) atoms. The van der Waals surface area contributed by atoms with E-state index < -0.39 is 28.5 Å². The fourth-order valence-electron chi connectivity index (χ4n) is 4.75. The summed E-state index contributed by atoms with van der Waals surface area (Å²) in [6, 6.07) is 29.9. The van der Waals surface area contributed by atoms with Gasteiger partial charge in [-0.15, -0.1) is 0 Å². The van der Waals surface area contributed by atoms with E-state index in [1.165, 1.54) is 24.1 Å². The van der Waals surface area contributed by atoms with E-state index >= 15 is 0 Å². The molecule has 0 fully saturated rings. The zero-order valence-electron chi connectivity index (χ0n) is 24.0. The molecular weight excluding hydrogens is 586 g/mol. The number of para-hydroxylation sites is 2. The van der Waals surface area contributed by atoms with Crippen LogP contribution in [0, 0.1) is 0 Å². The van der Waals surface area contributed by atoms with Crippen LogP contribution in [0.5, 0.6) is 5.75 Å². The largest absolute Gasteiger partial charge is 0.495 e. The van der Waals surface area contributed by atoms with Crippen molar-refractivity contribution in [3.63, 3.8) is 0 Å². The Labute approximate surface area is 257 Å². The van der Waals surface area contributed by atoms with Gasteiger partial charge in [0.25, 0.3) is 10.0 Å². The standard InChI is InChI=1S/C33H34ClN3O5S/c1-3-35-33(39)30(22-25-13-6-4-7-14-25)36(23-26-15-12-16-27(34)21-26)32(38)24-37(29-19-10-11-20-31(29)42-2)43(40,41)28-17-8-5-9-18-28/h4-21,30H,3,22-24H2,1-2H3,(H,35,39)/t30-/m1/s1. The number of nitrogens with zero attached hydrogens (tertiary/aromatic N) is 2. The van der Waals surface area contributed by atoms with E-state index in [4.69, 9.17) is 16.3 Å². The highest BCUT2D eigenvalue weighted by atomic mass is 35.5. The zero-order chi connectivity index (χ0) is 30.8. The third-order valence-corrected chi connectivity index (χ3v) is 8.84. The molecule has 8 nitrogen and oxygen atoms in total. The molecule has 0 saturated carbocycles. The maximum absolute atomic E-state index is 14.4. The maximum Gasteiger partial charge on any atom is 0.264 e. The van der Waals surface area contributed by atoms with Crippen molar-refractivity contribution in [1.82, 2.24) is 10.2 Å². The van der Waals surface area contributed by atoms with Gasteiger partial charge in [-0.2, -0.15) is 0 Å². The first-order chi connectivity index (χ1) is 20.7. The molecule has 1 atom stereocenters. The number of anilines is 1. The quantitative estimate of drug-likeness (QED) is 0.219. The average molecular weight is 620 g/mol. The molecule has 0 aliphatic rings. The van der Waals surface area contributed by atoms with Gasteiger partial charge in [0.2, 0.25) is 11.8 Å². The number of hydrogen-bond acceptors (Lipinski definition) is 5. The number of likely N-dealkylation sites (N-methyl/N-ethyl adjacent to an activating group) is 1. The second kappa shape index (κ2) is 14.7. The van der Waals surface area contributed by atoms with Crippen molar-refractivity contribution in [3.8, 4) is 5.75 Å².